The molecule has 0 spiro atoms. The molecule has 0 aromatic carbocycles. The van der Waals surface area contributed by atoms with Gasteiger partial charge in [0.15, 0.2) is 0 Å². The summed E-state index contributed by atoms with van der Waals surface area (Å²) in [5.41, 5.74) is 1.29. The average Bonchev–Trinajstić information content (AvgIpc) is 1.68. The molecule has 0 N–H and O–H groups in total. The van der Waals surface area contributed by atoms with E-state index in [-0.39, 0.29) is 0 Å². The largest absolute Gasteiger partial charge is 0.122 e. The van der Waals surface area contributed by atoms with Gasteiger partial charge >= 0.3 is 0 Å². The molecule has 0 aliphatic rings. The van der Waals surface area contributed by atoms with Gasteiger partial charge < -0.3 is 0 Å². The molecule has 0 heterocycles. The lowest BCUT2D eigenvalue weighted by Gasteiger charge is -1.86. The topological polar surface area (TPSA) is 0 Å². The molecule has 0 saturated heterocycles. The number of rotatable bonds is 2. The molecule has 0 saturated carbocycles. The Morgan fingerprint density at radius 2 is 2.43 bits per heavy atom. The van der Waals surface area contributed by atoms with E-state index in [4.69, 9.17) is 11.6 Å². The maximum Gasteiger partial charge on any atom is 0.0406 e. The molecule has 0 bridgehead atoms. The third-order valence-corrected chi connectivity index (χ3v) is 1.68. The van der Waals surface area contributed by atoms with Gasteiger partial charge in [-0.25, -0.2) is 0 Å². The van der Waals surface area contributed by atoms with E-state index in [0.717, 1.165) is 5.33 Å². The first-order chi connectivity index (χ1) is 3.31. The van der Waals surface area contributed by atoms with E-state index in [1.165, 1.54) is 5.57 Å². The maximum atomic E-state index is 5.38. The number of halogens is 2. The molecular weight excluding hydrogens is 175 g/mol. The highest BCUT2D eigenvalue weighted by atomic mass is 79.9. The van der Waals surface area contributed by atoms with Crippen molar-refractivity contribution in [2.24, 2.45) is 0 Å². The van der Waals surface area contributed by atoms with Gasteiger partial charge in [0.2, 0.25) is 0 Å². The van der Waals surface area contributed by atoms with Crippen LogP contribution in [0.25, 0.3) is 0 Å². The van der Waals surface area contributed by atoms with E-state index in [9.17, 15) is 0 Å². The number of alkyl halides is 2. The third kappa shape index (κ3) is 4.36. The van der Waals surface area contributed by atoms with Crippen molar-refractivity contribution in [3.8, 4) is 0 Å². The summed E-state index contributed by atoms with van der Waals surface area (Å²) in [6, 6.07) is 0. The van der Waals surface area contributed by atoms with Crippen LogP contribution in [-0.2, 0) is 0 Å². The molecule has 0 rings (SSSR count). The minimum Gasteiger partial charge on any atom is -0.122 e. The van der Waals surface area contributed by atoms with Gasteiger partial charge in [-0.05, 0) is 6.92 Å². The van der Waals surface area contributed by atoms with Gasteiger partial charge in [0.1, 0.15) is 0 Å². The number of hydrogen-bond donors (Lipinski definition) is 0. The zero-order valence-corrected chi connectivity index (χ0v) is 6.59. The Kier molecular flexibility index (Phi) is 5.00. The zero-order chi connectivity index (χ0) is 5.70. The molecule has 0 aromatic rings. The van der Waals surface area contributed by atoms with Crippen LogP contribution in [0.15, 0.2) is 11.6 Å². The summed E-state index contributed by atoms with van der Waals surface area (Å²) in [7, 11) is 0. The Morgan fingerprint density at radius 1 is 1.86 bits per heavy atom. The molecule has 0 aromatic heterocycles. The van der Waals surface area contributed by atoms with Crippen LogP contribution in [0, 0.1) is 0 Å². The fourth-order valence-corrected chi connectivity index (χ4v) is 0.679. The van der Waals surface area contributed by atoms with Crippen molar-refractivity contribution < 1.29 is 0 Å². The minimum absolute atomic E-state index is 0.622. The number of hydrogen-bond acceptors (Lipinski definition) is 0. The lowest BCUT2D eigenvalue weighted by atomic mass is 10.3. The summed E-state index contributed by atoms with van der Waals surface area (Å²) in [5.74, 6) is 0.622. The molecule has 0 aliphatic heterocycles. The first kappa shape index (κ1) is 7.51. The molecule has 0 atom stereocenters. The molecule has 0 amide bonds. The van der Waals surface area contributed by atoms with Crippen LogP contribution in [0.2, 0.25) is 0 Å². The van der Waals surface area contributed by atoms with Crippen molar-refractivity contribution in [3.63, 3.8) is 0 Å². The fraction of sp³-hybridized carbons (Fsp3) is 0.600. The highest BCUT2D eigenvalue weighted by Gasteiger charge is 1.79. The summed E-state index contributed by atoms with van der Waals surface area (Å²) in [5, 5.41) is 0.930. The summed E-state index contributed by atoms with van der Waals surface area (Å²) in [4.78, 5) is 0. The Bertz CT molecular complexity index is 68.5. The summed E-state index contributed by atoms with van der Waals surface area (Å²) in [6.45, 7) is 2.04. The molecule has 0 unspecified atom stereocenters. The zero-order valence-electron chi connectivity index (χ0n) is 4.25. The van der Waals surface area contributed by atoms with E-state index in [2.05, 4.69) is 15.9 Å². The first-order valence-electron chi connectivity index (χ1n) is 2.08. The Labute approximate surface area is 57.7 Å². The van der Waals surface area contributed by atoms with E-state index in [1.807, 2.05) is 13.0 Å². The van der Waals surface area contributed by atoms with E-state index >= 15 is 0 Å². The van der Waals surface area contributed by atoms with Gasteiger partial charge in [-0.3, -0.25) is 0 Å². The highest BCUT2D eigenvalue weighted by molar-refractivity contribution is 9.09. The van der Waals surface area contributed by atoms with Gasteiger partial charge in [-0.2, -0.15) is 0 Å². The molecule has 2 heteroatoms. The molecule has 0 fully saturated rings. The normalized spacial score (nSPS) is 12.1. The maximum absolute atomic E-state index is 5.38. The van der Waals surface area contributed by atoms with Crippen molar-refractivity contribution in [1.29, 1.82) is 0 Å². The summed E-state index contributed by atoms with van der Waals surface area (Å²) < 4.78 is 0. The molecule has 0 radical (unpaired) electrons. The lowest BCUT2D eigenvalue weighted by molar-refractivity contribution is 1.39. The summed E-state index contributed by atoms with van der Waals surface area (Å²) >= 11 is 8.67. The van der Waals surface area contributed by atoms with Gasteiger partial charge in [0.25, 0.3) is 0 Å². The lowest BCUT2D eigenvalue weighted by Crippen LogP contribution is -1.74. The van der Waals surface area contributed by atoms with Crippen molar-refractivity contribution in [3.05, 3.63) is 11.6 Å². The Morgan fingerprint density at radius 3 is 2.57 bits per heavy atom. The Balaban J connectivity index is 3.29. The van der Waals surface area contributed by atoms with Gasteiger partial charge in [0.05, 0.1) is 0 Å². The second kappa shape index (κ2) is 4.66. The van der Waals surface area contributed by atoms with Crippen LogP contribution >= 0.6 is 27.5 Å². The van der Waals surface area contributed by atoms with Crippen LogP contribution in [0.4, 0.5) is 0 Å². The summed E-state index contributed by atoms with van der Waals surface area (Å²) in [6.07, 6.45) is 1.98. The van der Waals surface area contributed by atoms with Crippen LogP contribution in [0.1, 0.15) is 6.92 Å². The van der Waals surface area contributed by atoms with Gasteiger partial charge in [-0.15, -0.1) is 11.6 Å². The van der Waals surface area contributed by atoms with Crippen LogP contribution in [0.5, 0.6) is 0 Å². The third-order valence-electron chi connectivity index (χ3n) is 0.636. The minimum atomic E-state index is 0.622. The van der Waals surface area contributed by atoms with E-state index in [0.29, 0.717) is 5.88 Å². The predicted molar refractivity (Wildman–Crippen MR) is 38.3 cm³/mol. The monoisotopic (exact) mass is 182 g/mol. The molecule has 7 heavy (non-hydrogen) atoms. The van der Waals surface area contributed by atoms with Crippen molar-refractivity contribution in [1.82, 2.24) is 0 Å². The number of allylic oxidation sites excluding steroid dienone is 2. The van der Waals surface area contributed by atoms with Crippen LogP contribution in [-0.4, -0.2) is 11.2 Å². The SMILES string of the molecule is C/C(=C/CCl)CBr. The second-order valence-electron chi connectivity index (χ2n) is 1.34. The van der Waals surface area contributed by atoms with Crippen molar-refractivity contribution >= 4 is 27.5 Å². The van der Waals surface area contributed by atoms with E-state index in [1.54, 1.807) is 0 Å². The quantitative estimate of drug-likeness (QED) is 0.456. The van der Waals surface area contributed by atoms with Gasteiger partial charge in [0, 0.05) is 11.2 Å². The molecule has 0 nitrogen and oxygen atoms in total. The fourth-order valence-electron chi connectivity index (χ4n) is 0.186. The molecular formula is C5H8BrCl. The highest BCUT2D eigenvalue weighted by Crippen LogP contribution is 1.96. The average molecular weight is 183 g/mol. The Hall–Kier alpha value is 0.510. The van der Waals surface area contributed by atoms with Crippen molar-refractivity contribution in [2.45, 2.75) is 6.92 Å². The van der Waals surface area contributed by atoms with Crippen molar-refractivity contribution in [2.75, 3.05) is 11.2 Å². The molecule has 0 aliphatic carbocycles. The van der Waals surface area contributed by atoms with Crippen LogP contribution < -0.4 is 0 Å². The predicted octanol–water partition coefficient (Wildman–Crippen LogP) is 2.57. The second-order valence-corrected chi connectivity index (χ2v) is 2.21. The molecule has 42 valence electrons. The first-order valence-corrected chi connectivity index (χ1v) is 3.74. The smallest absolute Gasteiger partial charge is 0.0406 e. The van der Waals surface area contributed by atoms with Crippen LogP contribution in [0.3, 0.4) is 0 Å². The standard InChI is InChI=1S/C5H8BrCl/c1-5(4-6)2-3-7/h2H,3-4H2,1H3/b5-2-. The van der Waals surface area contributed by atoms with Gasteiger partial charge in [-0.1, -0.05) is 27.6 Å². The van der Waals surface area contributed by atoms with E-state index < -0.39 is 0 Å².